The van der Waals surface area contributed by atoms with Gasteiger partial charge in [0.25, 0.3) is 5.69 Å². The summed E-state index contributed by atoms with van der Waals surface area (Å²) in [4.78, 5) is 9.65. The third-order valence-electron chi connectivity index (χ3n) is 2.19. The van der Waals surface area contributed by atoms with Crippen molar-refractivity contribution >= 4 is 28.7 Å². The summed E-state index contributed by atoms with van der Waals surface area (Å²) in [6.07, 6.45) is -4.72. The first-order valence-corrected chi connectivity index (χ1v) is 5.95. The molecule has 1 aromatic carbocycles. The third kappa shape index (κ3) is 4.34. The van der Waals surface area contributed by atoms with E-state index in [0.717, 1.165) is 12.1 Å². The van der Waals surface area contributed by atoms with Gasteiger partial charge >= 0.3 is 6.18 Å². The van der Waals surface area contributed by atoms with Gasteiger partial charge in [0.05, 0.1) is 16.2 Å². The van der Waals surface area contributed by atoms with E-state index in [1.165, 1.54) is 0 Å². The molecule has 5 nitrogen and oxygen atoms in total. The summed E-state index contributed by atoms with van der Waals surface area (Å²) >= 11 is 4.86. The molecule has 1 aromatic rings. The van der Waals surface area contributed by atoms with Gasteiger partial charge in [0, 0.05) is 18.2 Å². The summed E-state index contributed by atoms with van der Waals surface area (Å²) in [6, 6.07) is 2.38. The molecular formula is C11H12F3N3O2S. The number of non-ortho nitro benzene ring substituents is 1. The number of nitrogens with zero attached hydrogens (tertiary/aromatic N) is 1. The Hall–Kier alpha value is -1.90. The number of rotatable bonds is 3. The van der Waals surface area contributed by atoms with Crippen molar-refractivity contribution in [1.82, 2.24) is 5.32 Å². The maximum absolute atomic E-state index is 12.9. The second-order valence-corrected chi connectivity index (χ2v) is 4.65. The minimum atomic E-state index is -4.72. The molecular weight excluding hydrogens is 295 g/mol. The number of hydrogen-bond donors (Lipinski definition) is 2. The fourth-order valence-corrected chi connectivity index (χ4v) is 1.76. The minimum Gasteiger partial charge on any atom is -0.360 e. The monoisotopic (exact) mass is 307 g/mol. The van der Waals surface area contributed by atoms with E-state index in [1.807, 2.05) is 0 Å². The predicted octanol–water partition coefficient (Wildman–Crippen LogP) is 3.31. The molecule has 0 amide bonds. The lowest BCUT2D eigenvalue weighted by atomic mass is 10.1. The molecule has 0 fully saturated rings. The summed E-state index contributed by atoms with van der Waals surface area (Å²) in [6.45, 7) is 3.54. The maximum atomic E-state index is 12.9. The molecule has 0 aliphatic rings. The Bertz CT molecular complexity index is 532. The van der Waals surface area contributed by atoms with Crippen LogP contribution in [0.25, 0.3) is 0 Å². The van der Waals surface area contributed by atoms with E-state index >= 15 is 0 Å². The molecule has 9 heteroatoms. The van der Waals surface area contributed by atoms with Gasteiger partial charge in [-0.15, -0.1) is 0 Å². The zero-order chi connectivity index (χ0) is 15.5. The van der Waals surface area contributed by atoms with E-state index < -0.39 is 22.4 Å². The van der Waals surface area contributed by atoms with E-state index in [2.05, 4.69) is 10.6 Å². The molecule has 20 heavy (non-hydrogen) atoms. The van der Waals surface area contributed by atoms with Crippen molar-refractivity contribution in [2.45, 2.75) is 26.1 Å². The van der Waals surface area contributed by atoms with Gasteiger partial charge in [-0.25, -0.2) is 0 Å². The Morgan fingerprint density at radius 1 is 1.40 bits per heavy atom. The Kier molecular flexibility index (Phi) is 4.88. The highest BCUT2D eigenvalue weighted by Crippen LogP contribution is 2.37. The van der Waals surface area contributed by atoms with E-state index in [1.54, 1.807) is 13.8 Å². The normalized spacial score (nSPS) is 11.3. The average molecular weight is 307 g/mol. The Morgan fingerprint density at radius 2 is 2.00 bits per heavy atom. The molecule has 0 atom stereocenters. The molecule has 0 aliphatic heterocycles. The molecule has 0 unspecified atom stereocenters. The summed E-state index contributed by atoms with van der Waals surface area (Å²) in [5.74, 6) is 0. The van der Waals surface area contributed by atoms with Gasteiger partial charge in [0.1, 0.15) is 0 Å². The van der Waals surface area contributed by atoms with Crippen LogP contribution in [0.2, 0.25) is 0 Å². The van der Waals surface area contributed by atoms with Crippen molar-refractivity contribution in [2.75, 3.05) is 5.32 Å². The zero-order valence-corrected chi connectivity index (χ0v) is 11.4. The van der Waals surface area contributed by atoms with Crippen molar-refractivity contribution in [3.63, 3.8) is 0 Å². The number of halogens is 3. The molecule has 0 radical (unpaired) electrons. The van der Waals surface area contributed by atoms with Crippen LogP contribution in [0.5, 0.6) is 0 Å². The highest BCUT2D eigenvalue weighted by molar-refractivity contribution is 7.80. The number of nitro benzene ring substituents is 1. The number of benzene rings is 1. The summed E-state index contributed by atoms with van der Waals surface area (Å²) in [5.41, 5.74) is -2.11. The number of alkyl halides is 3. The Labute approximate surface area is 118 Å². The summed E-state index contributed by atoms with van der Waals surface area (Å²) in [7, 11) is 0. The van der Waals surface area contributed by atoms with Crippen LogP contribution in [0.3, 0.4) is 0 Å². The number of thiocarbonyl (C=S) groups is 1. The second-order valence-electron chi connectivity index (χ2n) is 4.24. The molecule has 0 heterocycles. The van der Waals surface area contributed by atoms with Crippen molar-refractivity contribution in [3.8, 4) is 0 Å². The molecule has 2 N–H and O–H groups in total. The number of anilines is 1. The van der Waals surface area contributed by atoms with Crippen LogP contribution in [-0.4, -0.2) is 16.1 Å². The highest BCUT2D eigenvalue weighted by atomic mass is 32.1. The van der Waals surface area contributed by atoms with Crippen LogP contribution in [0.1, 0.15) is 19.4 Å². The van der Waals surface area contributed by atoms with Gasteiger partial charge in [0.15, 0.2) is 5.11 Å². The van der Waals surface area contributed by atoms with Crippen LogP contribution in [-0.2, 0) is 6.18 Å². The highest BCUT2D eigenvalue weighted by Gasteiger charge is 2.35. The fraction of sp³-hybridized carbons (Fsp3) is 0.364. The van der Waals surface area contributed by atoms with Gasteiger partial charge in [-0.1, -0.05) is 0 Å². The molecule has 0 spiro atoms. The summed E-state index contributed by atoms with van der Waals surface area (Å²) < 4.78 is 38.6. The largest absolute Gasteiger partial charge is 0.418 e. The minimum absolute atomic E-state index is 0.0133. The van der Waals surface area contributed by atoms with Crippen molar-refractivity contribution < 1.29 is 18.1 Å². The van der Waals surface area contributed by atoms with E-state index in [-0.39, 0.29) is 16.8 Å². The standard InChI is InChI=1S/C11H12F3N3O2S/c1-6(2)15-10(20)16-9-4-3-7(17(18)19)5-8(9)11(12,13)14/h3-6H,1-2H3,(H2,15,16,20). The average Bonchev–Trinajstić information content (AvgIpc) is 2.26. The van der Waals surface area contributed by atoms with Crippen molar-refractivity contribution in [1.29, 1.82) is 0 Å². The second kappa shape index (κ2) is 6.04. The first-order valence-electron chi connectivity index (χ1n) is 5.54. The zero-order valence-electron chi connectivity index (χ0n) is 10.6. The fourth-order valence-electron chi connectivity index (χ4n) is 1.41. The predicted molar refractivity (Wildman–Crippen MR) is 72.6 cm³/mol. The maximum Gasteiger partial charge on any atom is 0.418 e. The van der Waals surface area contributed by atoms with Crippen LogP contribution < -0.4 is 10.6 Å². The lowest BCUT2D eigenvalue weighted by Crippen LogP contribution is -2.34. The Morgan fingerprint density at radius 3 is 2.45 bits per heavy atom. The SMILES string of the molecule is CC(C)NC(=S)Nc1ccc([N+](=O)[O-])cc1C(F)(F)F. The lowest BCUT2D eigenvalue weighted by Gasteiger charge is -2.17. The van der Waals surface area contributed by atoms with Crippen LogP contribution in [0, 0.1) is 10.1 Å². The number of nitro groups is 1. The lowest BCUT2D eigenvalue weighted by molar-refractivity contribution is -0.385. The summed E-state index contributed by atoms with van der Waals surface area (Å²) in [5, 5.41) is 15.7. The number of nitrogens with one attached hydrogen (secondary N) is 2. The van der Waals surface area contributed by atoms with Crippen LogP contribution >= 0.6 is 12.2 Å². The van der Waals surface area contributed by atoms with E-state index in [4.69, 9.17) is 12.2 Å². The van der Waals surface area contributed by atoms with Crippen LogP contribution in [0.15, 0.2) is 18.2 Å². The van der Waals surface area contributed by atoms with Crippen molar-refractivity contribution in [2.24, 2.45) is 0 Å². The smallest absolute Gasteiger partial charge is 0.360 e. The molecule has 0 saturated heterocycles. The van der Waals surface area contributed by atoms with Crippen LogP contribution in [0.4, 0.5) is 24.5 Å². The molecule has 1 rings (SSSR count). The van der Waals surface area contributed by atoms with Crippen molar-refractivity contribution in [3.05, 3.63) is 33.9 Å². The van der Waals surface area contributed by atoms with Gasteiger partial charge in [-0.3, -0.25) is 10.1 Å². The van der Waals surface area contributed by atoms with Gasteiger partial charge in [0.2, 0.25) is 0 Å². The number of hydrogen-bond acceptors (Lipinski definition) is 3. The van der Waals surface area contributed by atoms with Gasteiger partial charge < -0.3 is 10.6 Å². The first kappa shape index (κ1) is 16.2. The molecule has 0 aliphatic carbocycles. The molecule has 0 bridgehead atoms. The first-order chi connectivity index (χ1) is 9.11. The molecule has 0 aromatic heterocycles. The van der Waals surface area contributed by atoms with Gasteiger partial charge in [-0.05, 0) is 32.1 Å². The quantitative estimate of drug-likeness (QED) is 0.509. The van der Waals surface area contributed by atoms with Gasteiger partial charge in [-0.2, -0.15) is 13.2 Å². The Balaban J connectivity index is 3.13. The topological polar surface area (TPSA) is 67.2 Å². The van der Waals surface area contributed by atoms with E-state index in [9.17, 15) is 23.3 Å². The third-order valence-corrected chi connectivity index (χ3v) is 2.41. The van der Waals surface area contributed by atoms with E-state index in [0.29, 0.717) is 6.07 Å². The molecule has 0 saturated carbocycles. The molecule has 110 valence electrons.